The second kappa shape index (κ2) is 7.01. The predicted octanol–water partition coefficient (Wildman–Crippen LogP) is 2.21. The van der Waals surface area contributed by atoms with E-state index >= 15 is 0 Å². The summed E-state index contributed by atoms with van der Waals surface area (Å²) in [7, 11) is -3.77. The maximum absolute atomic E-state index is 13.0. The minimum atomic E-state index is -3.77. The van der Waals surface area contributed by atoms with E-state index in [0.29, 0.717) is 30.1 Å². The minimum Gasteiger partial charge on any atom is -0.324 e. The molecule has 0 unspecified atom stereocenters. The molecule has 10 nitrogen and oxygen atoms in total. The first-order valence-electron chi connectivity index (χ1n) is 10.1. The molecule has 1 aliphatic heterocycles. The van der Waals surface area contributed by atoms with Crippen molar-refractivity contribution >= 4 is 38.6 Å². The van der Waals surface area contributed by atoms with Crippen molar-refractivity contribution in [2.75, 3.05) is 5.32 Å². The van der Waals surface area contributed by atoms with Gasteiger partial charge in [-0.25, -0.2) is 23.6 Å². The molecule has 1 saturated carbocycles. The van der Waals surface area contributed by atoms with E-state index in [4.69, 9.17) is 5.14 Å². The Hall–Kier alpha value is -3.02. The fraction of sp³-hybridized carbons (Fsp3) is 0.350. The van der Waals surface area contributed by atoms with Crippen LogP contribution >= 0.6 is 0 Å². The Morgan fingerprint density at radius 1 is 1.13 bits per heavy atom. The van der Waals surface area contributed by atoms with Gasteiger partial charge in [0.1, 0.15) is 11.2 Å². The molecule has 31 heavy (non-hydrogen) atoms. The molecule has 0 saturated heterocycles. The monoisotopic (exact) mass is 442 g/mol. The molecule has 2 aromatic heterocycles. The highest BCUT2D eigenvalue weighted by Crippen LogP contribution is 2.43. The molecule has 3 aromatic rings. The second-order valence-corrected chi connectivity index (χ2v) is 9.65. The number of fused-ring (bicyclic) bond motifs is 4. The van der Waals surface area contributed by atoms with E-state index in [-0.39, 0.29) is 17.3 Å². The Morgan fingerprint density at radius 3 is 2.52 bits per heavy atom. The molecule has 5 rings (SSSR count). The maximum Gasteiger partial charge on any atom is 0.272 e. The van der Waals surface area contributed by atoms with Crippen LogP contribution in [0.4, 0.5) is 11.6 Å². The number of carbonyl (C=O) groups is 1. The van der Waals surface area contributed by atoms with Crippen LogP contribution in [0.2, 0.25) is 0 Å². The average Bonchev–Trinajstić information content (AvgIpc) is 3.11. The number of hydrogen-bond acceptors (Lipinski definition) is 7. The summed E-state index contributed by atoms with van der Waals surface area (Å²) in [5.41, 5.74) is 1.23. The summed E-state index contributed by atoms with van der Waals surface area (Å²) in [5, 5.41) is 20.1. The molecule has 3 heterocycles. The number of carbonyl (C=O) groups excluding carboxylic acids is 1. The van der Waals surface area contributed by atoms with Gasteiger partial charge < -0.3 is 9.88 Å². The smallest absolute Gasteiger partial charge is 0.272 e. The van der Waals surface area contributed by atoms with Crippen molar-refractivity contribution in [1.29, 1.82) is 0 Å². The van der Waals surface area contributed by atoms with Crippen LogP contribution in [-0.4, -0.2) is 39.1 Å². The van der Waals surface area contributed by atoms with Crippen molar-refractivity contribution < 1.29 is 18.4 Å². The molecule has 0 atom stereocenters. The van der Waals surface area contributed by atoms with Crippen LogP contribution in [-0.2, 0) is 26.9 Å². The number of hydroxylamine groups is 2. The number of rotatable bonds is 3. The van der Waals surface area contributed by atoms with Crippen LogP contribution in [0.15, 0.2) is 41.4 Å². The summed E-state index contributed by atoms with van der Waals surface area (Å²) in [6.45, 7) is 0.106. The first-order valence-corrected chi connectivity index (χ1v) is 11.6. The predicted molar refractivity (Wildman–Crippen MR) is 112 cm³/mol. The molecule has 0 radical (unpaired) electrons. The van der Waals surface area contributed by atoms with Crippen LogP contribution in [0, 0.1) is 0 Å². The number of benzene rings is 1. The molecule has 1 amide bonds. The third kappa shape index (κ3) is 3.25. The van der Waals surface area contributed by atoms with Gasteiger partial charge in [-0.1, -0.05) is 19.3 Å². The first kappa shape index (κ1) is 19.9. The van der Waals surface area contributed by atoms with Crippen LogP contribution < -0.4 is 10.5 Å². The first-order chi connectivity index (χ1) is 14.8. The molecule has 2 aliphatic rings. The molecular formula is C20H22N6O4S. The number of amides is 1. The molecular weight excluding hydrogens is 420 g/mol. The summed E-state index contributed by atoms with van der Waals surface area (Å²) in [5.74, 6) is 0.0329. The number of primary sulfonamides is 1. The molecule has 1 aliphatic carbocycles. The fourth-order valence-corrected chi connectivity index (χ4v) is 5.21. The molecule has 4 N–H and O–H groups in total. The highest BCUT2D eigenvalue weighted by Gasteiger charge is 2.48. The Morgan fingerprint density at radius 2 is 1.84 bits per heavy atom. The number of nitrogens with zero attached hydrogens (tertiary/aromatic N) is 4. The third-order valence-electron chi connectivity index (χ3n) is 6.11. The van der Waals surface area contributed by atoms with Gasteiger partial charge in [-0.05, 0) is 43.2 Å². The zero-order valence-electron chi connectivity index (χ0n) is 16.7. The van der Waals surface area contributed by atoms with Gasteiger partial charge in [0.25, 0.3) is 5.91 Å². The van der Waals surface area contributed by atoms with Crippen molar-refractivity contribution in [2.24, 2.45) is 5.14 Å². The zero-order chi connectivity index (χ0) is 21.8. The van der Waals surface area contributed by atoms with E-state index in [9.17, 15) is 18.4 Å². The summed E-state index contributed by atoms with van der Waals surface area (Å²) >= 11 is 0. The SMILES string of the molecule is NS(=O)(=O)c1ccc(Nc2ncc3cc4n(c3n2)C2(CCCCC2)C(=O)N(O)C4)cc1. The standard InChI is InChI=1S/C20H22N6O4S/c21-31(29,30)16-6-4-14(5-7-16)23-19-22-11-13-10-15-12-25(28)18(27)20(8-2-1-3-9-20)26(15)17(13)24-19/h4-7,10-11,28H,1-3,8-9,12H2,(H2,21,29,30)(H,22,23,24). The molecule has 1 aromatic carbocycles. The Bertz CT molecular complexity index is 1280. The number of anilines is 2. The Kier molecular flexibility index (Phi) is 4.50. The number of nitrogens with two attached hydrogens (primary N) is 1. The van der Waals surface area contributed by atoms with Gasteiger partial charge in [0.2, 0.25) is 16.0 Å². The topological polar surface area (TPSA) is 143 Å². The highest BCUT2D eigenvalue weighted by molar-refractivity contribution is 7.89. The van der Waals surface area contributed by atoms with Gasteiger partial charge in [-0.2, -0.15) is 4.98 Å². The maximum atomic E-state index is 13.0. The lowest BCUT2D eigenvalue weighted by Gasteiger charge is -2.43. The zero-order valence-corrected chi connectivity index (χ0v) is 17.5. The summed E-state index contributed by atoms with van der Waals surface area (Å²) in [4.78, 5) is 22.1. The fourth-order valence-electron chi connectivity index (χ4n) is 4.69. The van der Waals surface area contributed by atoms with Crippen molar-refractivity contribution in [2.45, 2.75) is 49.1 Å². The van der Waals surface area contributed by atoms with E-state index in [0.717, 1.165) is 35.4 Å². The molecule has 162 valence electrons. The number of aromatic nitrogens is 3. The average molecular weight is 443 g/mol. The van der Waals surface area contributed by atoms with E-state index in [1.807, 2.05) is 10.6 Å². The van der Waals surface area contributed by atoms with Crippen molar-refractivity contribution in [1.82, 2.24) is 19.6 Å². The van der Waals surface area contributed by atoms with E-state index < -0.39 is 15.6 Å². The second-order valence-electron chi connectivity index (χ2n) is 8.09. The number of hydrogen-bond donors (Lipinski definition) is 3. The lowest BCUT2D eigenvalue weighted by atomic mass is 9.79. The summed E-state index contributed by atoms with van der Waals surface area (Å²) < 4.78 is 24.8. The van der Waals surface area contributed by atoms with Crippen molar-refractivity contribution in [3.05, 3.63) is 42.2 Å². The largest absolute Gasteiger partial charge is 0.324 e. The number of nitrogens with one attached hydrogen (secondary N) is 1. The van der Waals surface area contributed by atoms with Gasteiger partial charge in [-0.15, -0.1) is 0 Å². The van der Waals surface area contributed by atoms with Gasteiger partial charge >= 0.3 is 0 Å². The minimum absolute atomic E-state index is 0.0152. The molecule has 1 fully saturated rings. The van der Waals surface area contributed by atoms with E-state index in [2.05, 4.69) is 15.3 Å². The van der Waals surface area contributed by atoms with Crippen LogP contribution in [0.5, 0.6) is 0 Å². The highest BCUT2D eigenvalue weighted by atomic mass is 32.2. The van der Waals surface area contributed by atoms with Crippen LogP contribution in [0.3, 0.4) is 0 Å². The van der Waals surface area contributed by atoms with E-state index in [1.54, 1.807) is 18.3 Å². The van der Waals surface area contributed by atoms with Crippen molar-refractivity contribution in [3.63, 3.8) is 0 Å². The number of sulfonamides is 1. The Labute approximate surface area is 178 Å². The molecule has 0 bridgehead atoms. The lowest BCUT2D eigenvalue weighted by molar-refractivity contribution is -0.186. The van der Waals surface area contributed by atoms with Gasteiger partial charge in [-0.3, -0.25) is 10.0 Å². The van der Waals surface area contributed by atoms with Gasteiger partial charge in [0.15, 0.2) is 0 Å². The van der Waals surface area contributed by atoms with Crippen molar-refractivity contribution in [3.8, 4) is 0 Å². The quantitative estimate of drug-likeness (QED) is 0.528. The molecule has 11 heteroatoms. The lowest BCUT2D eigenvalue weighted by Crippen LogP contribution is -2.54. The normalized spacial score (nSPS) is 18.4. The van der Waals surface area contributed by atoms with Crippen LogP contribution in [0.25, 0.3) is 11.0 Å². The third-order valence-corrected chi connectivity index (χ3v) is 7.04. The van der Waals surface area contributed by atoms with Gasteiger partial charge in [0.05, 0.1) is 11.4 Å². The molecule has 1 spiro atoms. The van der Waals surface area contributed by atoms with E-state index in [1.165, 1.54) is 12.1 Å². The summed E-state index contributed by atoms with van der Waals surface area (Å²) in [6, 6.07) is 7.88. The summed E-state index contributed by atoms with van der Waals surface area (Å²) in [6.07, 6.45) is 5.86. The van der Waals surface area contributed by atoms with Gasteiger partial charge in [0, 0.05) is 23.0 Å². The van der Waals surface area contributed by atoms with Crippen LogP contribution in [0.1, 0.15) is 37.8 Å². The Balaban J connectivity index is 1.56.